The lowest BCUT2D eigenvalue weighted by atomic mass is 9.93. The van der Waals surface area contributed by atoms with E-state index in [0.717, 1.165) is 23.1 Å². The molecule has 0 bridgehead atoms. The number of benzene rings is 1. The van der Waals surface area contributed by atoms with Gasteiger partial charge in [0, 0.05) is 18.2 Å². The van der Waals surface area contributed by atoms with Gasteiger partial charge in [0.25, 0.3) is 0 Å². The number of anilines is 2. The van der Waals surface area contributed by atoms with Gasteiger partial charge in [-0.2, -0.15) is 4.98 Å². The van der Waals surface area contributed by atoms with Gasteiger partial charge in [0.15, 0.2) is 0 Å². The van der Waals surface area contributed by atoms with Gasteiger partial charge < -0.3 is 20.9 Å². The third-order valence-corrected chi connectivity index (χ3v) is 4.66. The van der Waals surface area contributed by atoms with Crippen molar-refractivity contribution in [2.45, 2.75) is 45.6 Å². The van der Waals surface area contributed by atoms with E-state index in [0.29, 0.717) is 34.9 Å². The molecule has 1 heterocycles. The number of aliphatic hydroxyl groups excluding tert-OH is 1. The zero-order valence-corrected chi connectivity index (χ0v) is 16.5. The highest BCUT2D eigenvalue weighted by Gasteiger charge is 2.15. The summed E-state index contributed by atoms with van der Waals surface area (Å²) in [5, 5.41) is 12.9. The second kappa shape index (κ2) is 9.05. The molecule has 1 atom stereocenters. The molecule has 0 radical (unpaired) electrons. The third kappa shape index (κ3) is 4.77. The third-order valence-electron chi connectivity index (χ3n) is 4.36. The largest absolute Gasteiger partial charge is 0.495 e. The van der Waals surface area contributed by atoms with Crippen LogP contribution in [0.2, 0.25) is 5.02 Å². The van der Waals surface area contributed by atoms with Crippen molar-refractivity contribution in [1.29, 1.82) is 0 Å². The van der Waals surface area contributed by atoms with Crippen molar-refractivity contribution in [2.24, 2.45) is 0 Å². The highest BCUT2D eigenvalue weighted by molar-refractivity contribution is 6.32. The number of hydrogen-bond acceptors (Lipinski definition) is 6. The summed E-state index contributed by atoms with van der Waals surface area (Å²) in [5.41, 5.74) is 9.19. The highest BCUT2D eigenvalue weighted by Crippen LogP contribution is 2.33. The quantitative estimate of drug-likeness (QED) is 0.649. The summed E-state index contributed by atoms with van der Waals surface area (Å²) in [7, 11) is 1.61. The molecule has 6 nitrogen and oxygen atoms in total. The van der Waals surface area contributed by atoms with Crippen LogP contribution in [-0.2, 0) is 6.42 Å². The van der Waals surface area contributed by atoms with Gasteiger partial charge in [0.1, 0.15) is 11.6 Å². The molecule has 4 N–H and O–H groups in total. The number of nitrogens with zero attached hydrogens (tertiary/aromatic N) is 2. The molecule has 142 valence electrons. The Balaban J connectivity index is 2.29. The molecule has 0 amide bonds. The van der Waals surface area contributed by atoms with Gasteiger partial charge in [-0.3, -0.25) is 0 Å². The fraction of sp³-hybridized carbons (Fsp3) is 0.474. The Bertz CT molecular complexity index is 749. The lowest BCUT2D eigenvalue weighted by Gasteiger charge is -2.17. The molecule has 0 unspecified atom stereocenters. The Morgan fingerprint density at radius 3 is 2.58 bits per heavy atom. The van der Waals surface area contributed by atoms with Crippen LogP contribution >= 0.6 is 11.6 Å². The summed E-state index contributed by atoms with van der Waals surface area (Å²) in [6, 6.07) is 3.80. The molecular formula is C19H27ClN4O2. The smallest absolute Gasteiger partial charge is 0.224 e. The van der Waals surface area contributed by atoms with Crippen LogP contribution in [0.4, 0.5) is 11.8 Å². The number of halogens is 1. The minimum atomic E-state index is -0.0896. The van der Waals surface area contributed by atoms with Gasteiger partial charge in [-0.15, -0.1) is 0 Å². The number of aliphatic hydroxyl groups is 1. The summed E-state index contributed by atoms with van der Waals surface area (Å²) in [6.07, 6.45) is 3.07. The first-order valence-corrected chi connectivity index (χ1v) is 9.12. The predicted octanol–water partition coefficient (Wildman–Crippen LogP) is 3.62. The first kappa shape index (κ1) is 20.3. The molecule has 2 rings (SSSR count). The summed E-state index contributed by atoms with van der Waals surface area (Å²) in [5.74, 6) is 1.81. The molecule has 0 aliphatic carbocycles. The molecular weight excluding hydrogens is 352 g/mol. The Kier molecular flexibility index (Phi) is 7.06. The molecule has 7 heteroatoms. The summed E-state index contributed by atoms with van der Waals surface area (Å²) >= 11 is 6.31. The van der Waals surface area contributed by atoms with Gasteiger partial charge in [0.05, 0.1) is 24.8 Å². The van der Waals surface area contributed by atoms with Crippen LogP contribution in [-0.4, -0.2) is 34.8 Å². The second-order valence-electron chi connectivity index (χ2n) is 6.55. The van der Waals surface area contributed by atoms with Crippen molar-refractivity contribution in [1.82, 2.24) is 9.97 Å². The van der Waals surface area contributed by atoms with Crippen LogP contribution < -0.4 is 15.8 Å². The molecule has 0 saturated heterocycles. The highest BCUT2D eigenvalue weighted by atomic mass is 35.5. The summed E-state index contributed by atoms with van der Waals surface area (Å²) < 4.78 is 5.33. The van der Waals surface area contributed by atoms with Gasteiger partial charge in [-0.25, -0.2) is 4.98 Å². The number of hydrogen-bond donors (Lipinski definition) is 3. The molecule has 0 fully saturated rings. The van der Waals surface area contributed by atoms with E-state index in [-0.39, 0.29) is 12.6 Å². The maximum Gasteiger partial charge on any atom is 0.224 e. The molecule has 0 aliphatic rings. The monoisotopic (exact) mass is 378 g/mol. The van der Waals surface area contributed by atoms with E-state index in [1.54, 1.807) is 13.3 Å². The fourth-order valence-electron chi connectivity index (χ4n) is 2.75. The predicted molar refractivity (Wildman–Crippen MR) is 106 cm³/mol. The van der Waals surface area contributed by atoms with Crippen LogP contribution in [0, 0.1) is 0 Å². The first-order chi connectivity index (χ1) is 12.4. The zero-order valence-electron chi connectivity index (χ0n) is 15.7. The Labute approximate surface area is 159 Å². The van der Waals surface area contributed by atoms with E-state index in [2.05, 4.69) is 29.1 Å². The minimum absolute atomic E-state index is 0.0175. The van der Waals surface area contributed by atoms with Gasteiger partial charge in [0.2, 0.25) is 5.95 Å². The molecule has 26 heavy (non-hydrogen) atoms. The fourth-order valence-corrected chi connectivity index (χ4v) is 3.01. The van der Waals surface area contributed by atoms with Crippen molar-refractivity contribution < 1.29 is 9.84 Å². The van der Waals surface area contributed by atoms with E-state index in [1.807, 2.05) is 19.1 Å². The van der Waals surface area contributed by atoms with Crippen molar-refractivity contribution in [3.8, 4) is 5.75 Å². The van der Waals surface area contributed by atoms with Gasteiger partial charge in [-0.05, 0) is 35.6 Å². The van der Waals surface area contributed by atoms with E-state index >= 15 is 0 Å². The first-order valence-electron chi connectivity index (χ1n) is 8.74. The number of nitrogens with two attached hydrogens (primary N) is 1. The Morgan fingerprint density at radius 2 is 2.04 bits per heavy atom. The lowest BCUT2D eigenvalue weighted by molar-refractivity contribution is 0.271. The summed E-state index contributed by atoms with van der Waals surface area (Å²) in [4.78, 5) is 8.65. The topological polar surface area (TPSA) is 93.3 Å². The van der Waals surface area contributed by atoms with Crippen molar-refractivity contribution >= 4 is 23.4 Å². The van der Waals surface area contributed by atoms with E-state index in [9.17, 15) is 5.11 Å². The number of nitrogens with one attached hydrogen (secondary N) is 1. The Morgan fingerprint density at radius 1 is 1.31 bits per heavy atom. The number of methoxy groups -OCH3 is 1. The molecule has 1 aromatic heterocycles. The van der Waals surface area contributed by atoms with Crippen molar-refractivity contribution in [2.75, 3.05) is 24.8 Å². The zero-order chi connectivity index (χ0) is 19.3. The Hall–Kier alpha value is -2.05. The lowest BCUT2D eigenvalue weighted by Crippen LogP contribution is -2.24. The van der Waals surface area contributed by atoms with E-state index < -0.39 is 0 Å². The van der Waals surface area contributed by atoms with Crippen LogP contribution in [0.3, 0.4) is 0 Å². The average Bonchev–Trinajstić information content (AvgIpc) is 2.61. The van der Waals surface area contributed by atoms with E-state index in [1.165, 1.54) is 0 Å². The number of ether oxygens (including phenoxy) is 1. The van der Waals surface area contributed by atoms with Gasteiger partial charge in [-0.1, -0.05) is 32.4 Å². The number of nitrogen functional groups attached to an aromatic ring is 1. The SMILES string of the molecule is CC[C@H](CO)Nc1ncc(Cc2cc(Cl)c(OC)cc2C(C)C)c(N)n1. The van der Waals surface area contributed by atoms with Crippen LogP contribution in [0.5, 0.6) is 5.75 Å². The minimum Gasteiger partial charge on any atom is -0.495 e. The summed E-state index contributed by atoms with van der Waals surface area (Å²) in [6.45, 7) is 6.24. The number of rotatable bonds is 8. The average molecular weight is 379 g/mol. The molecule has 1 aromatic carbocycles. The van der Waals surface area contributed by atoms with Crippen molar-refractivity contribution in [3.05, 3.63) is 40.0 Å². The van der Waals surface area contributed by atoms with Crippen LogP contribution in [0.25, 0.3) is 0 Å². The standard InChI is InChI=1S/C19H27ClN4O2/c1-5-14(10-25)23-19-22-9-13(18(21)24-19)6-12-7-16(20)17(26-4)8-15(12)11(2)3/h7-9,11,14,25H,5-6,10H2,1-4H3,(H3,21,22,23,24)/t14-/m1/s1. The van der Waals surface area contributed by atoms with E-state index in [4.69, 9.17) is 22.1 Å². The maximum absolute atomic E-state index is 9.29. The van der Waals surface area contributed by atoms with Crippen LogP contribution in [0.15, 0.2) is 18.3 Å². The molecule has 0 saturated carbocycles. The normalized spacial score (nSPS) is 12.3. The van der Waals surface area contributed by atoms with Crippen LogP contribution in [0.1, 0.15) is 49.8 Å². The number of aromatic nitrogens is 2. The molecule has 2 aromatic rings. The van der Waals surface area contributed by atoms with Crippen molar-refractivity contribution in [3.63, 3.8) is 0 Å². The molecule has 0 aliphatic heterocycles. The second-order valence-corrected chi connectivity index (χ2v) is 6.96. The molecule has 0 spiro atoms. The maximum atomic E-state index is 9.29. The van der Waals surface area contributed by atoms with Gasteiger partial charge >= 0.3 is 0 Å².